The van der Waals surface area contributed by atoms with Gasteiger partial charge in [-0.2, -0.15) is 0 Å². The molecule has 0 saturated heterocycles. The molecule has 0 unspecified atom stereocenters. The Hall–Kier alpha value is -4.14. The second kappa shape index (κ2) is 7.85. The second-order valence-electron chi connectivity index (χ2n) is 6.22. The first kappa shape index (κ1) is 18.2. The fourth-order valence-electron chi connectivity index (χ4n) is 2.86. The Kier molecular flexibility index (Phi) is 4.93. The summed E-state index contributed by atoms with van der Waals surface area (Å²) < 4.78 is 5.63. The number of aromatic amines is 3. The normalized spacial score (nSPS) is 10.8. The molecule has 0 spiro atoms. The lowest BCUT2D eigenvalue weighted by Gasteiger charge is -2.08. The third-order valence-corrected chi connectivity index (χ3v) is 4.24. The zero-order chi connectivity index (χ0) is 20.2. The maximum Gasteiger partial charge on any atom is 0.326 e. The standard InChI is InChI=1S/C20H17N5O4/c26-18(14-3-1-2-8-21-14)22-9-10-29-13-6-4-12(5-7-13)15-11-16-17(23-15)19(27)25-20(28)24-16/h1-8,11,23H,9-10H2,(H,22,26)(H2,24,25,27,28). The van der Waals surface area contributed by atoms with Crippen molar-refractivity contribution in [3.8, 4) is 17.0 Å². The topological polar surface area (TPSA) is 133 Å². The van der Waals surface area contributed by atoms with Crippen molar-refractivity contribution >= 4 is 16.9 Å². The van der Waals surface area contributed by atoms with E-state index in [1.54, 1.807) is 42.6 Å². The van der Waals surface area contributed by atoms with Crippen molar-refractivity contribution in [2.24, 2.45) is 0 Å². The number of hydrogen-bond donors (Lipinski definition) is 4. The summed E-state index contributed by atoms with van der Waals surface area (Å²) in [6.07, 6.45) is 1.56. The van der Waals surface area contributed by atoms with Crippen molar-refractivity contribution in [1.29, 1.82) is 0 Å². The van der Waals surface area contributed by atoms with Crippen molar-refractivity contribution in [3.05, 3.63) is 81.3 Å². The van der Waals surface area contributed by atoms with Gasteiger partial charge in [0.05, 0.1) is 12.1 Å². The molecule has 29 heavy (non-hydrogen) atoms. The fourth-order valence-corrected chi connectivity index (χ4v) is 2.86. The van der Waals surface area contributed by atoms with Crippen molar-refractivity contribution in [2.45, 2.75) is 0 Å². The molecule has 9 nitrogen and oxygen atoms in total. The Morgan fingerprint density at radius 1 is 1.03 bits per heavy atom. The van der Waals surface area contributed by atoms with E-state index in [-0.39, 0.29) is 5.91 Å². The molecule has 0 atom stereocenters. The van der Waals surface area contributed by atoms with E-state index in [1.165, 1.54) is 0 Å². The van der Waals surface area contributed by atoms with E-state index in [1.807, 2.05) is 12.1 Å². The molecule has 4 aromatic rings. The second-order valence-corrected chi connectivity index (χ2v) is 6.22. The Bertz CT molecular complexity index is 1260. The van der Waals surface area contributed by atoms with Gasteiger partial charge >= 0.3 is 5.69 Å². The highest BCUT2D eigenvalue weighted by molar-refractivity contribution is 5.92. The minimum Gasteiger partial charge on any atom is -0.492 e. The van der Waals surface area contributed by atoms with Crippen LogP contribution < -0.4 is 21.3 Å². The number of carbonyl (C=O) groups is 1. The van der Waals surface area contributed by atoms with Crippen LogP contribution in [0.3, 0.4) is 0 Å². The molecule has 1 aromatic carbocycles. The van der Waals surface area contributed by atoms with Gasteiger partial charge in [0.25, 0.3) is 11.5 Å². The first-order valence-corrected chi connectivity index (χ1v) is 8.88. The zero-order valence-corrected chi connectivity index (χ0v) is 15.2. The molecular weight excluding hydrogens is 374 g/mol. The summed E-state index contributed by atoms with van der Waals surface area (Å²) in [6, 6.07) is 14.1. The molecule has 3 aromatic heterocycles. The van der Waals surface area contributed by atoms with Crippen molar-refractivity contribution in [2.75, 3.05) is 13.2 Å². The monoisotopic (exact) mass is 391 g/mol. The summed E-state index contributed by atoms with van der Waals surface area (Å²) in [5.41, 5.74) is 1.62. The third kappa shape index (κ3) is 4.08. The van der Waals surface area contributed by atoms with Crippen LogP contribution in [0.4, 0.5) is 0 Å². The molecule has 0 bridgehead atoms. The van der Waals surface area contributed by atoms with Gasteiger partial charge in [0.15, 0.2) is 0 Å². The van der Waals surface area contributed by atoms with E-state index in [9.17, 15) is 14.4 Å². The Balaban J connectivity index is 1.36. The van der Waals surface area contributed by atoms with E-state index in [0.717, 1.165) is 5.56 Å². The van der Waals surface area contributed by atoms with Gasteiger partial charge < -0.3 is 20.0 Å². The minimum absolute atomic E-state index is 0.253. The number of benzene rings is 1. The molecule has 0 aliphatic heterocycles. The number of H-pyrrole nitrogens is 3. The predicted molar refractivity (Wildman–Crippen MR) is 107 cm³/mol. The van der Waals surface area contributed by atoms with Gasteiger partial charge in [0.1, 0.15) is 23.6 Å². The first-order chi connectivity index (χ1) is 14.1. The van der Waals surface area contributed by atoms with E-state index < -0.39 is 11.2 Å². The fraction of sp³-hybridized carbons (Fsp3) is 0.100. The number of fused-ring (bicyclic) bond motifs is 1. The number of rotatable bonds is 6. The number of hydrogen-bond acceptors (Lipinski definition) is 5. The average Bonchev–Trinajstić information content (AvgIpc) is 3.16. The zero-order valence-electron chi connectivity index (χ0n) is 15.2. The quantitative estimate of drug-likeness (QED) is 0.369. The molecule has 4 rings (SSSR count). The van der Waals surface area contributed by atoms with Crippen LogP contribution in [-0.4, -0.2) is 39.0 Å². The van der Waals surface area contributed by atoms with Crippen molar-refractivity contribution < 1.29 is 9.53 Å². The number of pyridine rings is 1. The van der Waals surface area contributed by atoms with Crippen LogP contribution in [0, 0.1) is 0 Å². The number of ether oxygens (including phenoxy) is 1. The van der Waals surface area contributed by atoms with Crippen molar-refractivity contribution in [1.82, 2.24) is 25.3 Å². The van der Waals surface area contributed by atoms with Gasteiger partial charge in [0.2, 0.25) is 0 Å². The SMILES string of the molecule is O=C(NCCOc1ccc(-c2cc3[nH]c(=O)[nH]c(=O)c3[nH]2)cc1)c1ccccn1. The number of nitrogens with one attached hydrogen (secondary N) is 4. The summed E-state index contributed by atoms with van der Waals surface area (Å²) in [5, 5.41) is 2.74. The lowest BCUT2D eigenvalue weighted by Crippen LogP contribution is -2.28. The van der Waals surface area contributed by atoms with E-state index in [2.05, 4.69) is 25.3 Å². The summed E-state index contributed by atoms with van der Waals surface area (Å²) in [6.45, 7) is 0.649. The molecule has 0 aliphatic rings. The minimum atomic E-state index is -0.549. The van der Waals surface area contributed by atoms with Gasteiger partial charge in [-0.25, -0.2) is 4.79 Å². The molecule has 0 saturated carbocycles. The van der Waals surface area contributed by atoms with Crippen LogP contribution in [-0.2, 0) is 0 Å². The van der Waals surface area contributed by atoms with Crippen LogP contribution >= 0.6 is 0 Å². The largest absolute Gasteiger partial charge is 0.492 e. The smallest absolute Gasteiger partial charge is 0.326 e. The first-order valence-electron chi connectivity index (χ1n) is 8.88. The Morgan fingerprint density at radius 2 is 1.86 bits per heavy atom. The molecule has 0 fully saturated rings. The molecule has 9 heteroatoms. The number of aromatic nitrogens is 4. The lowest BCUT2D eigenvalue weighted by atomic mass is 10.1. The Morgan fingerprint density at radius 3 is 2.62 bits per heavy atom. The molecule has 146 valence electrons. The summed E-state index contributed by atoms with van der Waals surface area (Å²) in [4.78, 5) is 46.8. The van der Waals surface area contributed by atoms with E-state index in [4.69, 9.17) is 4.74 Å². The maximum absolute atomic E-state index is 11.9. The van der Waals surface area contributed by atoms with Crippen molar-refractivity contribution in [3.63, 3.8) is 0 Å². The molecular formula is C20H17N5O4. The maximum atomic E-state index is 11.9. The summed E-state index contributed by atoms with van der Waals surface area (Å²) in [5.74, 6) is 0.389. The van der Waals surface area contributed by atoms with Crippen LogP contribution in [0.2, 0.25) is 0 Å². The lowest BCUT2D eigenvalue weighted by molar-refractivity contribution is 0.0942. The van der Waals surface area contributed by atoms with Gasteiger partial charge in [0, 0.05) is 11.9 Å². The van der Waals surface area contributed by atoms with E-state index in [0.29, 0.717) is 41.3 Å². The highest BCUT2D eigenvalue weighted by atomic mass is 16.5. The summed E-state index contributed by atoms with van der Waals surface area (Å²) in [7, 11) is 0. The van der Waals surface area contributed by atoms with Crippen LogP contribution in [0.5, 0.6) is 5.75 Å². The molecule has 0 radical (unpaired) electrons. The van der Waals surface area contributed by atoms with Crippen LogP contribution in [0.1, 0.15) is 10.5 Å². The Labute approximate surface area is 163 Å². The molecule has 0 aliphatic carbocycles. The number of carbonyl (C=O) groups excluding carboxylic acids is 1. The average molecular weight is 391 g/mol. The van der Waals surface area contributed by atoms with Gasteiger partial charge in [-0.3, -0.25) is 19.6 Å². The summed E-state index contributed by atoms with van der Waals surface area (Å²) >= 11 is 0. The molecule has 3 heterocycles. The highest BCUT2D eigenvalue weighted by Gasteiger charge is 2.08. The van der Waals surface area contributed by atoms with Crippen LogP contribution in [0.25, 0.3) is 22.3 Å². The molecule has 4 N–H and O–H groups in total. The molecule has 1 amide bonds. The van der Waals surface area contributed by atoms with Gasteiger partial charge in [-0.15, -0.1) is 0 Å². The predicted octanol–water partition coefficient (Wildman–Crippen LogP) is 1.42. The number of amides is 1. The highest BCUT2D eigenvalue weighted by Crippen LogP contribution is 2.23. The van der Waals surface area contributed by atoms with E-state index >= 15 is 0 Å². The van der Waals surface area contributed by atoms with Gasteiger partial charge in [-0.05, 0) is 48.0 Å². The third-order valence-electron chi connectivity index (χ3n) is 4.24. The number of nitrogens with zero attached hydrogens (tertiary/aromatic N) is 1. The van der Waals surface area contributed by atoms with Gasteiger partial charge in [-0.1, -0.05) is 6.07 Å². The van der Waals surface area contributed by atoms with Crippen LogP contribution in [0.15, 0.2) is 64.3 Å².